The zero-order valence-corrected chi connectivity index (χ0v) is 13.1. The van der Waals surface area contributed by atoms with Gasteiger partial charge in [-0.15, -0.1) is 0 Å². The van der Waals surface area contributed by atoms with Crippen LogP contribution in [0.3, 0.4) is 0 Å². The van der Waals surface area contributed by atoms with Crippen LogP contribution in [0.4, 0.5) is 0 Å². The minimum absolute atomic E-state index is 0.293. The lowest BCUT2D eigenvalue weighted by Gasteiger charge is -2.31. The molecule has 1 unspecified atom stereocenters. The Labute approximate surface area is 113 Å². The summed E-state index contributed by atoms with van der Waals surface area (Å²) in [6.45, 7) is 10.1. The summed E-state index contributed by atoms with van der Waals surface area (Å²) >= 11 is 3.55. The third-order valence-electron chi connectivity index (χ3n) is 3.18. The number of nitrogens with one attached hydrogen (secondary N) is 1. The molecule has 17 heavy (non-hydrogen) atoms. The van der Waals surface area contributed by atoms with Crippen LogP contribution >= 0.6 is 15.9 Å². The van der Waals surface area contributed by atoms with Crippen LogP contribution in [0.2, 0.25) is 0 Å². The molecule has 0 spiro atoms. The second kappa shape index (κ2) is 6.01. The van der Waals surface area contributed by atoms with Crippen LogP contribution in [0.25, 0.3) is 0 Å². The molecule has 1 heterocycles. The maximum Gasteiger partial charge on any atom is 0.0635 e. The van der Waals surface area contributed by atoms with Crippen molar-refractivity contribution < 1.29 is 0 Å². The molecule has 1 N–H and O–H groups in total. The van der Waals surface area contributed by atoms with Crippen LogP contribution in [-0.2, 0) is 13.5 Å². The third kappa shape index (κ3) is 4.11. The topological polar surface area (TPSA) is 29.9 Å². The molecule has 1 rings (SSSR count). The standard InChI is InChI=1S/C13H24BrN3/c1-6-15-12(13(2,3)4)8-7-11-10(14)9-16-17(11)5/h9,12,15H,6-8H2,1-5H3. The second-order valence-corrected chi connectivity index (χ2v) is 6.43. The molecule has 0 aliphatic carbocycles. The van der Waals surface area contributed by atoms with E-state index in [1.165, 1.54) is 5.69 Å². The van der Waals surface area contributed by atoms with Crippen molar-refractivity contribution in [1.29, 1.82) is 0 Å². The molecule has 0 aliphatic rings. The summed E-state index contributed by atoms with van der Waals surface area (Å²) in [5.41, 5.74) is 1.57. The van der Waals surface area contributed by atoms with Crippen molar-refractivity contribution in [3.8, 4) is 0 Å². The second-order valence-electron chi connectivity index (χ2n) is 5.58. The smallest absolute Gasteiger partial charge is 0.0635 e. The van der Waals surface area contributed by atoms with Gasteiger partial charge in [0.1, 0.15) is 0 Å². The van der Waals surface area contributed by atoms with Crippen LogP contribution in [0.5, 0.6) is 0 Å². The lowest BCUT2D eigenvalue weighted by molar-refractivity contribution is 0.257. The van der Waals surface area contributed by atoms with Crippen LogP contribution < -0.4 is 5.32 Å². The van der Waals surface area contributed by atoms with Crippen molar-refractivity contribution in [2.45, 2.75) is 46.6 Å². The highest BCUT2D eigenvalue weighted by atomic mass is 79.9. The Morgan fingerprint density at radius 1 is 1.47 bits per heavy atom. The molecule has 4 heteroatoms. The van der Waals surface area contributed by atoms with Gasteiger partial charge in [-0.3, -0.25) is 4.68 Å². The Kier molecular flexibility index (Phi) is 5.20. The molecule has 0 aliphatic heterocycles. The van der Waals surface area contributed by atoms with E-state index in [9.17, 15) is 0 Å². The van der Waals surface area contributed by atoms with Gasteiger partial charge in [-0.05, 0) is 40.7 Å². The summed E-state index contributed by atoms with van der Waals surface area (Å²) < 4.78 is 3.07. The molecule has 1 atom stereocenters. The molecular formula is C13H24BrN3. The maximum atomic E-state index is 4.25. The average molecular weight is 302 g/mol. The lowest BCUT2D eigenvalue weighted by Crippen LogP contribution is -2.40. The summed E-state index contributed by atoms with van der Waals surface area (Å²) in [7, 11) is 2.00. The third-order valence-corrected chi connectivity index (χ3v) is 3.84. The highest BCUT2D eigenvalue weighted by molar-refractivity contribution is 9.10. The van der Waals surface area contributed by atoms with Crippen molar-refractivity contribution in [3.05, 3.63) is 16.4 Å². The number of aryl methyl sites for hydroxylation is 1. The van der Waals surface area contributed by atoms with Gasteiger partial charge in [-0.1, -0.05) is 27.7 Å². The van der Waals surface area contributed by atoms with Gasteiger partial charge in [0, 0.05) is 13.1 Å². The first-order chi connectivity index (χ1) is 7.86. The minimum atomic E-state index is 0.293. The van der Waals surface area contributed by atoms with Gasteiger partial charge in [-0.25, -0.2) is 0 Å². The SMILES string of the molecule is CCNC(CCc1c(Br)cnn1C)C(C)(C)C. The number of rotatable bonds is 5. The van der Waals surface area contributed by atoms with E-state index in [0.717, 1.165) is 23.9 Å². The number of hydrogen-bond acceptors (Lipinski definition) is 2. The zero-order chi connectivity index (χ0) is 13.1. The molecule has 0 saturated heterocycles. The van der Waals surface area contributed by atoms with Crippen molar-refractivity contribution in [1.82, 2.24) is 15.1 Å². The molecule has 1 aromatic rings. The Morgan fingerprint density at radius 3 is 2.53 bits per heavy atom. The van der Waals surface area contributed by atoms with Crippen molar-refractivity contribution in [2.24, 2.45) is 12.5 Å². The summed E-state index contributed by atoms with van der Waals surface area (Å²) in [6, 6.07) is 0.536. The predicted molar refractivity (Wildman–Crippen MR) is 76.1 cm³/mol. The molecule has 0 radical (unpaired) electrons. The van der Waals surface area contributed by atoms with Gasteiger partial charge in [0.05, 0.1) is 16.4 Å². The number of halogens is 1. The van der Waals surface area contributed by atoms with E-state index in [1.807, 2.05) is 17.9 Å². The molecular weight excluding hydrogens is 278 g/mol. The maximum absolute atomic E-state index is 4.25. The lowest BCUT2D eigenvalue weighted by atomic mass is 9.83. The molecule has 1 aromatic heterocycles. The highest BCUT2D eigenvalue weighted by Crippen LogP contribution is 2.25. The van der Waals surface area contributed by atoms with Gasteiger partial charge in [0.25, 0.3) is 0 Å². The van der Waals surface area contributed by atoms with Crippen LogP contribution in [0.15, 0.2) is 10.7 Å². The van der Waals surface area contributed by atoms with E-state index in [2.05, 4.69) is 54.0 Å². The van der Waals surface area contributed by atoms with E-state index in [0.29, 0.717) is 11.5 Å². The van der Waals surface area contributed by atoms with Gasteiger partial charge in [-0.2, -0.15) is 5.10 Å². The van der Waals surface area contributed by atoms with Crippen molar-refractivity contribution >= 4 is 15.9 Å². The van der Waals surface area contributed by atoms with Crippen molar-refractivity contribution in [2.75, 3.05) is 6.54 Å². The average Bonchev–Trinajstić information content (AvgIpc) is 2.52. The summed E-state index contributed by atoms with van der Waals surface area (Å²) in [5.74, 6) is 0. The number of aromatic nitrogens is 2. The molecule has 3 nitrogen and oxygen atoms in total. The van der Waals surface area contributed by atoms with Crippen molar-refractivity contribution in [3.63, 3.8) is 0 Å². The molecule has 0 saturated carbocycles. The highest BCUT2D eigenvalue weighted by Gasteiger charge is 2.23. The number of nitrogens with zero attached hydrogens (tertiary/aromatic N) is 2. The largest absolute Gasteiger partial charge is 0.314 e. The van der Waals surface area contributed by atoms with Gasteiger partial charge >= 0.3 is 0 Å². The Balaban J connectivity index is 2.64. The first-order valence-electron chi connectivity index (χ1n) is 6.26. The van der Waals surface area contributed by atoms with Crippen LogP contribution in [0, 0.1) is 5.41 Å². The van der Waals surface area contributed by atoms with E-state index in [1.54, 1.807) is 0 Å². The molecule has 98 valence electrons. The molecule has 0 aromatic carbocycles. The van der Waals surface area contributed by atoms with E-state index in [-0.39, 0.29) is 0 Å². The monoisotopic (exact) mass is 301 g/mol. The summed E-state index contributed by atoms with van der Waals surface area (Å²) in [5, 5.41) is 7.83. The van der Waals surface area contributed by atoms with Gasteiger partial charge in [0.15, 0.2) is 0 Å². The van der Waals surface area contributed by atoms with E-state index < -0.39 is 0 Å². The fraction of sp³-hybridized carbons (Fsp3) is 0.769. The predicted octanol–water partition coefficient (Wildman–Crippen LogP) is 3.14. The Hall–Kier alpha value is -0.350. The normalized spacial score (nSPS) is 14.0. The van der Waals surface area contributed by atoms with E-state index >= 15 is 0 Å². The molecule has 0 bridgehead atoms. The van der Waals surface area contributed by atoms with Gasteiger partial charge in [0.2, 0.25) is 0 Å². The van der Waals surface area contributed by atoms with E-state index in [4.69, 9.17) is 0 Å². The summed E-state index contributed by atoms with van der Waals surface area (Å²) in [6.07, 6.45) is 4.05. The molecule has 0 amide bonds. The first kappa shape index (κ1) is 14.7. The first-order valence-corrected chi connectivity index (χ1v) is 7.05. The minimum Gasteiger partial charge on any atom is -0.314 e. The van der Waals surface area contributed by atoms with Crippen LogP contribution in [-0.4, -0.2) is 22.4 Å². The summed E-state index contributed by atoms with van der Waals surface area (Å²) in [4.78, 5) is 0. The zero-order valence-electron chi connectivity index (χ0n) is 11.5. The molecule has 0 fully saturated rings. The number of hydrogen-bond donors (Lipinski definition) is 1. The quantitative estimate of drug-likeness (QED) is 0.905. The fourth-order valence-electron chi connectivity index (χ4n) is 2.09. The Bertz CT molecular complexity index is 333. The Morgan fingerprint density at radius 2 is 2.12 bits per heavy atom. The fourth-order valence-corrected chi connectivity index (χ4v) is 2.63. The van der Waals surface area contributed by atoms with Crippen LogP contribution in [0.1, 0.15) is 39.8 Å². The van der Waals surface area contributed by atoms with Gasteiger partial charge < -0.3 is 5.32 Å².